The van der Waals surface area contributed by atoms with Crippen LogP contribution in [0.15, 0.2) is 12.1 Å². The van der Waals surface area contributed by atoms with E-state index in [4.69, 9.17) is 9.47 Å². The lowest BCUT2D eigenvalue weighted by atomic mass is 9.86. The second-order valence-corrected chi connectivity index (χ2v) is 6.09. The lowest BCUT2D eigenvalue weighted by molar-refractivity contribution is 0.0950. The van der Waals surface area contributed by atoms with E-state index in [1.54, 1.807) is 7.11 Å². The maximum atomic E-state index is 5.79. The summed E-state index contributed by atoms with van der Waals surface area (Å²) >= 11 is 0. The van der Waals surface area contributed by atoms with Crippen LogP contribution in [0.1, 0.15) is 49.4 Å². The Labute approximate surface area is 129 Å². The molecule has 3 nitrogen and oxygen atoms in total. The summed E-state index contributed by atoms with van der Waals surface area (Å²) in [4.78, 5) is 0. The van der Waals surface area contributed by atoms with E-state index in [-0.39, 0.29) is 0 Å². The van der Waals surface area contributed by atoms with Crippen LogP contribution in [-0.2, 0) is 4.74 Å². The fraction of sp³-hybridized carbons (Fsp3) is 0.667. The van der Waals surface area contributed by atoms with Gasteiger partial charge in [-0.3, -0.25) is 0 Å². The minimum Gasteiger partial charge on any atom is -0.496 e. The van der Waals surface area contributed by atoms with Gasteiger partial charge in [0.05, 0.1) is 13.2 Å². The molecule has 3 unspecified atom stereocenters. The highest BCUT2D eigenvalue weighted by Gasteiger charge is 2.34. The summed E-state index contributed by atoms with van der Waals surface area (Å²) in [5.41, 5.74) is 3.79. The standard InChI is InChI=1S/C18H29NO2/c1-6-10-19-17(15-9-11-21-14(15)4)16-8-7-12(2)13(3)18(16)20-5/h7-8,14-15,17,19H,6,9-11H2,1-5H3. The van der Waals surface area contributed by atoms with Crippen molar-refractivity contribution in [2.24, 2.45) is 5.92 Å². The van der Waals surface area contributed by atoms with E-state index in [0.717, 1.165) is 31.7 Å². The predicted molar refractivity (Wildman–Crippen MR) is 87.0 cm³/mol. The predicted octanol–water partition coefficient (Wildman–Crippen LogP) is 3.78. The number of rotatable bonds is 6. The molecule has 0 amide bonds. The van der Waals surface area contributed by atoms with Gasteiger partial charge in [0.15, 0.2) is 0 Å². The Morgan fingerprint density at radius 1 is 1.38 bits per heavy atom. The number of benzene rings is 1. The van der Waals surface area contributed by atoms with Gasteiger partial charge in [-0.05, 0) is 51.3 Å². The summed E-state index contributed by atoms with van der Waals surface area (Å²) in [6.07, 6.45) is 2.54. The molecule has 0 saturated carbocycles. The third-order valence-corrected chi connectivity index (χ3v) is 4.72. The van der Waals surface area contributed by atoms with Crippen LogP contribution in [0.2, 0.25) is 0 Å². The maximum Gasteiger partial charge on any atom is 0.126 e. The van der Waals surface area contributed by atoms with Crippen LogP contribution >= 0.6 is 0 Å². The number of aryl methyl sites for hydroxylation is 1. The second-order valence-electron chi connectivity index (χ2n) is 6.09. The molecule has 1 N–H and O–H groups in total. The molecule has 0 bridgehead atoms. The largest absolute Gasteiger partial charge is 0.496 e. The monoisotopic (exact) mass is 291 g/mol. The van der Waals surface area contributed by atoms with Crippen molar-refractivity contribution in [1.29, 1.82) is 0 Å². The van der Waals surface area contributed by atoms with Gasteiger partial charge in [-0.1, -0.05) is 19.1 Å². The van der Waals surface area contributed by atoms with E-state index < -0.39 is 0 Å². The average molecular weight is 291 g/mol. The van der Waals surface area contributed by atoms with Gasteiger partial charge in [-0.15, -0.1) is 0 Å². The van der Waals surface area contributed by atoms with Gasteiger partial charge in [0.1, 0.15) is 5.75 Å². The zero-order chi connectivity index (χ0) is 15.4. The van der Waals surface area contributed by atoms with Gasteiger partial charge in [0, 0.05) is 24.1 Å². The van der Waals surface area contributed by atoms with Crippen molar-refractivity contribution in [3.63, 3.8) is 0 Å². The van der Waals surface area contributed by atoms with Gasteiger partial charge in [-0.25, -0.2) is 0 Å². The molecule has 2 rings (SSSR count). The molecule has 1 saturated heterocycles. The summed E-state index contributed by atoms with van der Waals surface area (Å²) in [7, 11) is 1.77. The Kier molecular flexibility index (Phi) is 5.65. The van der Waals surface area contributed by atoms with Crippen LogP contribution in [0.5, 0.6) is 5.75 Å². The molecule has 3 atom stereocenters. The molecule has 118 valence electrons. The van der Waals surface area contributed by atoms with E-state index in [0.29, 0.717) is 18.1 Å². The number of hydrogen-bond acceptors (Lipinski definition) is 3. The minimum atomic E-state index is 0.297. The first-order chi connectivity index (χ1) is 10.1. The van der Waals surface area contributed by atoms with E-state index in [9.17, 15) is 0 Å². The Hall–Kier alpha value is -1.06. The number of ether oxygens (including phenoxy) is 2. The molecule has 3 heteroatoms. The van der Waals surface area contributed by atoms with Gasteiger partial charge in [-0.2, -0.15) is 0 Å². The lowest BCUT2D eigenvalue weighted by Gasteiger charge is -2.29. The Bertz CT molecular complexity index is 473. The van der Waals surface area contributed by atoms with Crippen LogP contribution in [-0.4, -0.2) is 26.4 Å². The molecule has 0 spiro atoms. The van der Waals surface area contributed by atoms with Crippen LogP contribution in [0, 0.1) is 19.8 Å². The van der Waals surface area contributed by atoms with Crippen molar-refractivity contribution >= 4 is 0 Å². The Morgan fingerprint density at radius 3 is 2.71 bits per heavy atom. The highest BCUT2D eigenvalue weighted by Crippen LogP contribution is 2.39. The smallest absolute Gasteiger partial charge is 0.126 e. The first-order valence-corrected chi connectivity index (χ1v) is 8.09. The van der Waals surface area contributed by atoms with Crippen molar-refractivity contribution in [3.05, 3.63) is 28.8 Å². The van der Waals surface area contributed by atoms with E-state index in [1.807, 2.05) is 0 Å². The van der Waals surface area contributed by atoms with E-state index in [2.05, 4.69) is 45.1 Å². The molecular formula is C18H29NO2. The van der Waals surface area contributed by atoms with Crippen molar-refractivity contribution in [2.45, 2.75) is 52.7 Å². The van der Waals surface area contributed by atoms with E-state index >= 15 is 0 Å². The van der Waals surface area contributed by atoms with Gasteiger partial charge >= 0.3 is 0 Å². The van der Waals surface area contributed by atoms with Crippen LogP contribution in [0.3, 0.4) is 0 Å². The topological polar surface area (TPSA) is 30.5 Å². The molecule has 1 aromatic rings. The van der Waals surface area contributed by atoms with Crippen LogP contribution < -0.4 is 10.1 Å². The highest BCUT2D eigenvalue weighted by atomic mass is 16.5. The SMILES string of the molecule is CCCNC(c1ccc(C)c(C)c1OC)C1CCOC1C. The van der Waals surface area contributed by atoms with Gasteiger partial charge in [0.2, 0.25) is 0 Å². The second kappa shape index (κ2) is 7.28. The molecule has 1 aliphatic rings. The third-order valence-electron chi connectivity index (χ3n) is 4.72. The molecule has 1 heterocycles. The zero-order valence-electron chi connectivity index (χ0n) is 14.0. The summed E-state index contributed by atoms with van der Waals surface area (Å²) in [6, 6.07) is 4.73. The fourth-order valence-corrected chi connectivity index (χ4v) is 3.30. The summed E-state index contributed by atoms with van der Waals surface area (Å²) in [5, 5.41) is 3.72. The summed E-state index contributed by atoms with van der Waals surface area (Å²) < 4.78 is 11.5. The Morgan fingerprint density at radius 2 is 2.14 bits per heavy atom. The average Bonchev–Trinajstić information content (AvgIpc) is 2.89. The van der Waals surface area contributed by atoms with Crippen molar-refractivity contribution in [2.75, 3.05) is 20.3 Å². The van der Waals surface area contributed by atoms with Crippen LogP contribution in [0.4, 0.5) is 0 Å². The number of nitrogens with one attached hydrogen (secondary N) is 1. The molecule has 1 aromatic carbocycles. The van der Waals surface area contributed by atoms with E-state index in [1.165, 1.54) is 16.7 Å². The number of methoxy groups -OCH3 is 1. The Balaban J connectivity index is 2.38. The van der Waals surface area contributed by atoms with Crippen molar-refractivity contribution in [3.8, 4) is 5.75 Å². The molecule has 0 aliphatic carbocycles. The summed E-state index contributed by atoms with van der Waals surface area (Å²) in [6.45, 7) is 10.6. The van der Waals surface area contributed by atoms with Crippen molar-refractivity contribution < 1.29 is 9.47 Å². The normalized spacial score (nSPS) is 23.3. The third kappa shape index (κ3) is 3.41. The molecule has 1 aliphatic heterocycles. The highest BCUT2D eigenvalue weighted by molar-refractivity contribution is 5.47. The first kappa shape index (κ1) is 16.3. The molecule has 0 radical (unpaired) electrons. The zero-order valence-corrected chi connectivity index (χ0v) is 14.0. The molecule has 0 aromatic heterocycles. The van der Waals surface area contributed by atoms with Gasteiger partial charge < -0.3 is 14.8 Å². The summed E-state index contributed by atoms with van der Waals surface area (Å²) in [5.74, 6) is 1.54. The van der Waals surface area contributed by atoms with Crippen molar-refractivity contribution in [1.82, 2.24) is 5.32 Å². The quantitative estimate of drug-likeness (QED) is 0.865. The molecule has 1 fully saturated rings. The van der Waals surface area contributed by atoms with Crippen LogP contribution in [0.25, 0.3) is 0 Å². The molecular weight excluding hydrogens is 262 g/mol. The lowest BCUT2D eigenvalue weighted by Crippen LogP contribution is -2.32. The fourth-order valence-electron chi connectivity index (χ4n) is 3.30. The number of hydrogen-bond donors (Lipinski definition) is 1. The molecule has 21 heavy (non-hydrogen) atoms. The first-order valence-electron chi connectivity index (χ1n) is 8.09. The van der Waals surface area contributed by atoms with Gasteiger partial charge in [0.25, 0.3) is 0 Å². The minimum absolute atomic E-state index is 0.297. The maximum absolute atomic E-state index is 5.79.